The number of rotatable bonds is 2. The molecule has 0 aromatic heterocycles. The van der Waals surface area contributed by atoms with E-state index in [1.165, 1.54) is 0 Å². The van der Waals surface area contributed by atoms with E-state index in [0.29, 0.717) is 11.6 Å². The van der Waals surface area contributed by atoms with Crippen molar-refractivity contribution < 1.29 is 0 Å². The van der Waals surface area contributed by atoms with Gasteiger partial charge in [-0.3, -0.25) is 0 Å². The predicted molar refractivity (Wildman–Crippen MR) is 28.7 cm³/mol. The van der Waals surface area contributed by atoms with Crippen LogP contribution in [0.2, 0.25) is 0 Å². The lowest BCUT2D eigenvalue weighted by atomic mass is 10.4. The van der Waals surface area contributed by atoms with Crippen molar-refractivity contribution in [3.05, 3.63) is 12.3 Å². The molecule has 0 aromatic carbocycles. The quantitative estimate of drug-likeness (QED) is 0.523. The van der Waals surface area contributed by atoms with Crippen LogP contribution < -0.4 is 5.73 Å². The molecule has 0 aliphatic carbocycles. The Morgan fingerprint density at radius 3 is 2.33 bits per heavy atom. The maximum Gasteiger partial charge on any atom is 0.0277 e. The van der Waals surface area contributed by atoms with E-state index in [1.54, 1.807) is 0 Å². The van der Waals surface area contributed by atoms with E-state index in [1.807, 2.05) is 0 Å². The van der Waals surface area contributed by atoms with Crippen molar-refractivity contribution in [1.29, 1.82) is 0 Å². The third-order valence-corrected chi connectivity index (χ3v) is 0.605. The van der Waals surface area contributed by atoms with Gasteiger partial charge in [0.05, 0.1) is 0 Å². The second-order valence-electron chi connectivity index (χ2n) is 1.10. The minimum absolute atomic E-state index is 0.579. The topological polar surface area (TPSA) is 26.0 Å². The number of hydrogen-bond acceptors (Lipinski definition) is 1. The highest BCUT2D eigenvalue weighted by molar-refractivity contribution is 6.17. The molecule has 36 valence electrons. The first kappa shape index (κ1) is 5.83. The highest BCUT2D eigenvalue weighted by Crippen LogP contribution is 1.88. The molecule has 0 saturated carbocycles. The first-order chi connectivity index (χ1) is 2.77. The molecule has 0 aliphatic heterocycles. The van der Waals surface area contributed by atoms with Gasteiger partial charge >= 0.3 is 0 Å². The lowest BCUT2D eigenvalue weighted by Crippen LogP contribution is -1.93. The molecule has 0 bridgehead atoms. The van der Waals surface area contributed by atoms with Gasteiger partial charge in [-0.05, 0) is 6.42 Å². The molecule has 2 heteroatoms. The van der Waals surface area contributed by atoms with E-state index < -0.39 is 0 Å². The number of alkyl halides is 1. The summed E-state index contributed by atoms with van der Waals surface area (Å²) in [6.07, 6.45) is 0.724. The fraction of sp³-hybridized carbons (Fsp3) is 0.500. The molecule has 0 amide bonds. The highest BCUT2D eigenvalue weighted by atomic mass is 35.5. The molecule has 0 heterocycles. The normalized spacial score (nSPS) is 8.17. The summed E-state index contributed by atoms with van der Waals surface area (Å²) in [6, 6.07) is 0. The predicted octanol–water partition coefficient (Wildman–Crippen LogP) is 1.09. The molecule has 0 saturated heterocycles. The van der Waals surface area contributed by atoms with E-state index in [9.17, 15) is 0 Å². The summed E-state index contributed by atoms with van der Waals surface area (Å²) in [4.78, 5) is 0. The van der Waals surface area contributed by atoms with Crippen LogP contribution in [0, 0.1) is 0 Å². The summed E-state index contributed by atoms with van der Waals surface area (Å²) >= 11 is 5.26. The highest BCUT2D eigenvalue weighted by Gasteiger charge is 1.78. The second-order valence-corrected chi connectivity index (χ2v) is 1.48. The van der Waals surface area contributed by atoms with Gasteiger partial charge in [-0.1, -0.05) is 6.58 Å². The third-order valence-electron chi connectivity index (χ3n) is 0.416. The largest absolute Gasteiger partial charge is 0.402 e. The minimum atomic E-state index is 0.579. The molecule has 0 spiro atoms. The van der Waals surface area contributed by atoms with E-state index >= 15 is 0 Å². The molecular formula is C4H8ClN. The maximum absolute atomic E-state index is 5.26. The van der Waals surface area contributed by atoms with Gasteiger partial charge < -0.3 is 5.73 Å². The molecule has 0 aromatic rings. The summed E-state index contributed by atoms with van der Waals surface area (Å²) in [7, 11) is 0. The SMILES string of the molecule is C=C(N)CCCl. The van der Waals surface area contributed by atoms with Crippen LogP contribution in [0.5, 0.6) is 0 Å². The molecule has 2 N–H and O–H groups in total. The van der Waals surface area contributed by atoms with Crippen molar-refractivity contribution in [2.75, 3.05) is 5.88 Å². The molecule has 0 rings (SSSR count). The lowest BCUT2D eigenvalue weighted by molar-refractivity contribution is 1.09. The van der Waals surface area contributed by atoms with Gasteiger partial charge in [0.25, 0.3) is 0 Å². The summed E-state index contributed by atoms with van der Waals surface area (Å²) in [5, 5.41) is 0. The van der Waals surface area contributed by atoms with Gasteiger partial charge in [0, 0.05) is 11.6 Å². The number of nitrogens with two attached hydrogens (primary N) is 1. The average Bonchev–Trinajstić information content (AvgIpc) is 1.35. The van der Waals surface area contributed by atoms with Crippen molar-refractivity contribution in [3.8, 4) is 0 Å². The lowest BCUT2D eigenvalue weighted by Gasteiger charge is -1.86. The molecular weight excluding hydrogens is 97.5 g/mol. The standard InChI is InChI=1S/C4H8ClN/c1-4(6)2-3-5/h1-3,6H2. The van der Waals surface area contributed by atoms with Crippen LogP contribution in [0.1, 0.15) is 6.42 Å². The van der Waals surface area contributed by atoms with Gasteiger partial charge in [-0.2, -0.15) is 0 Å². The summed E-state index contributed by atoms with van der Waals surface area (Å²) in [5.74, 6) is 0.579. The molecule has 6 heavy (non-hydrogen) atoms. The second kappa shape index (κ2) is 3.04. The first-order valence-electron chi connectivity index (χ1n) is 1.76. The Morgan fingerprint density at radius 1 is 1.83 bits per heavy atom. The molecule has 0 radical (unpaired) electrons. The van der Waals surface area contributed by atoms with Crippen LogP contribution in [0.15, 0.2) is 12.3 Å². The Labute approximate surface area is 42.8 Å². The van der Waals surface area contributed by atoms with Crippen molar-refractivity contribution in [1.82, 2.24) is 0 Å². The first-order valence-corrected chi connectivity index (χ1v) is 2.30. The van der Waals surface area contributed by atoms with Crippen molar-refractivity contribution in [2.45, 2.75) is 6.42 Å². The minimum Gasteiger partial charge on any atom is -0.402 e. The zero-order chi connectivity index (χ0) is 4.99. The van der Waals surface area contributed by atoms with Gasteiger partial charge in [0.15, 0.2) is 0 Å². The van der Waals surface area contributed by atoms with E-state index in [4.69, 9.17) is 17.3 Å². The summed E-state index contributed by atoms with van der Waals surface area (Å²) < 4.78 is 0. The van der Waals surface area contributed by atoms with Crippen molar-refractivity contribution in [2.24, 2.45) is 5.73 Å². The monoisotopic (exact) mass is 105 g/mol. The van der Waals surface area contributed by atoms with Gasteiger partial charge in [-0.25, -0.2) is 0 Å². The fourth-order valence-corrected chi connectivity index (χ4v) is 0.364. The Morgan fingerprint density at radius 2 is 2.33 bits per heavy atom. The van der Waals surface area contributed by atoms with Gasteiger partial charge in [0.2, 0.25) is 0 Å². The van der Waals surface area contributed by atoms with E-state index in [0.717, 1.165) is 6.42 Å². The molecule has 0 fully saturated rings. The Bertz CT molecular complexity index is 51.5. The van der Waals surface area contributed by atoms with Crippen molar-refractivity contribution >= 4 is 11.6 Å². The zero-order valence-corrected chi connectivity index (χ0v) is 4.33. The Hall–Kier alpha value is -0.170. The number of allylic oxidation sites excluding steroid dienone is 1. The van der Waals surface area contributed by atoms with Gasteiger partial charge in [-0.15, -0.1) is 11.6 Å². The van der Waals surface area contributed by atoms with E-state index in [2.05, 4.69) is 6.58 Å². The van der Waals surface area contributed by atoms with Crippen LogP contribution in [0.4, 0.5) is 0 Å². The molecule has 0 aliphatic rings. The fourth-order valence-electron chi connectivity index (χ4n) is 0.121. The van der Waals surface area contributed by atoms with Gasteiger partial charge in [0.1, 0.15) is 0 Å². The van der Waals surface area contributed by atoms with Crippen LogP contribution in [-0.2, 0) is 0 Å². The molecule has 1 nitrogen and oxygen atoms in total. The molecule has 0 atom stereocenters. The smallest absolute Gasteiger partial charge is 0.0277 e. The summed E-state index contributed by atoms with van der Waals surface area (Å²) in [5.41, 5.74) is 5.78. The van der Waals surface area contributed by atoms with Crippen molar-refractivity contribution in [3.63, 3.8) is 0 Å². The average molecular weight is 106 g/mol. The Balaban J connectivity index is 2.83. The summed E-state index contributed by atoms with van der Waals surface area (Å²) in [6.45, 7) is 3.44. The zero-order valence-electron chi connectivity index (χ0n) is 3.58. The van der Waals surface area contributed by atoms with Crippen LogP contribution in [0.25, 0.3) is 0 Å². The number of halogens is 1. The van der Waals surface area contributed by atoms with E-state index in [-0.39, 0.29) is 0 Å². The molecule has 0 unspecified atom stereocenters. The van der Waals surface area contributed by atoms with Crippen LogP contribution in [-0.4, -0.2) is 5.88 Å². The maximum atomic E-state index is 5.26. The van der Waals surface area contributed by atoms with Crippen LogP contribution in [0.3, 0.4) is 0 Å². The number of hydrogen-bond donors (Lipinski definition) is 1. The third kappa shape index (κ3) is 3.83. The van der Waals surface area contributed by atoms with Crippen LogP contribution >= 0.6 is 11.6 Å². The Kier molecular flexibility index (Phi) is 2.95.